The number of carbonyl (C=O) groups is 1. The molecule has 7 nitrogen and oxygen atoms in total. The predicted molar refractivity (Wildman–Crippen MR) is 180 cm³/mol. The second-order valence-electron chi connectivity index (χ2n) is 10.3. The molecule has 5 rings (SSSR count). The molecule has 1 amide bonds. The van der Waals surface area contributed by atoms with Crippen molar-refractivity contribution in [1.29, 1.82) is 0 Å². The van der Waals surface area contributed by atoms with Crippen LogP contribution >= 0.6 is 11.6 Å². The number of nitrogens with one attached hydrogen (secondary N) is 2. The Hall–Kier alpha value is -4.17. The molecule has 2 aromatic carbocycles. The van der Waals surface area contributed by atoms with Gasteiger partial charge in [0.05, 0.1) is 16.6 Å². The molecular formula is C35H43ClFN5O2. The largest absolute Gasteiger partial charge is 0.492 e. The molecule has 2 N–H and O–H groups in total. The zero-order chi connectivity index (χ0) is 31.9. The summed E-state index contributed by atoms with van der Waals surface area (Å²) >= 11 is 6.33. The van der Waals surface area contributed by atoms with Gasteiger partial charge in [0, 0.05) is 37.6 Å². The first-order chi connectivity index (χ1) is 21.3. The molecule has 1 fully saturated rings. The summed E-state index contributed by atoms with van der Waals surface area (Å²) in [6.07, 6.45) is 10.6. The summed E-state index contributed by atoms with van der Waals surface area (Å²) in [5.41, 5.74) is 4.88. The first-order valence-electron chi connectivity index (χ1n) is 15.0. The quantitative estimate of drug-likeness (QED) is 0.187. The lowest BCUT2D eigenvalue weighted by Crippen LogP contribution is -2.28. The topological polar surface area (TPSA) is 80.0 Å². The van der Waals surface area contributed by atoms with Gasteiger partial charge in [-0.1, -0.05) is 49.7 Å². The van der Waals surface area contributed by atoms with Crippen LogP contribution in [0.3, 0.4) is 0 Å². The van der Waals surface area contributed by atoms with E-state index in [1.54, 1.807) is 13.1 Å². The van der Waals surface area contributed by atoms with E-state index in [1.165, 1.54) is 12.1 Å². The molecule has 2 aliphatic carbocycles. The minimum Gasteiger partial charge on any atom is -0.492 e. The minimum absolute atomic E-state index is 0.0841. The van der Waals surface area contributed by atoms with Gasteiger partial charge in [-0.25, -0.2) is 4.39 Å². The van der Waals surface area contributed by atoms with Crippen LogP contribution in [-0.4, -0.2) is 36.1 Å². The highest BCUT2D eigenvalue weighted by Crippen LogP contribution is 2.26. The molecule has 0 atom stereocenters. The Labute approximate surface area is 265 Å². The number of aliphatic imine (C=N–C) groups is 2. The standard InChI is InChI=1S/C17H20ClFN2O.C16H17N3O.C2H6/c1-12(20-2)21-15-7-4-8-17(16(18)10-15)22-11-13-5-3-6-14(19)9-13;1-17-14-4-2-12(3-5-14)13-8-9-19(10-13)11-16(20)18-15-6-7-15;1-2/h3,5-6,9-10H,4,7-8,11H2,1-2H3,(H,20,21);2-5,8-10,15H,1,6-7,11H2,(H,18,20);1-2H3. The van der Waals surface area contributed by atoms with Crippen LogP contribution in [-0.2, 0) is 22.7 Å². The number of ether oxygens (including phenoxy) is 1. The van der Waals surface area contributed by atoms with Gasteiger partial charge in [-0.2, -0.15) is 0 Å². The van der Waals surface area contributed by atoms with Gasteiger partial charge >= 0.3 is 0 Å². The molecule has 234 valence electrons. The molecule has 1 saturated carbocycles. The molecule has 0 aliphatic heterocycles. The summed E-state index contributed by atoms with van der Waals surface area (Å²) in [5, 5.41) is 6.80. The molecule has 0 radical (unpaired) electrons. The van der Waals surface area contributed by atoms with Gasteiger partial charge in [-0.05, 0) is 92.4 Å². The van der Waals surface area contributed by atoms with Crippen molar-refractivity contribution < 1.29 is 13.9 Å². The van der Waals surface area contributed by atoms with Crippen molar-refractivity contribution in [1.82, 2.24) is 15.2 Å². The van der Waals surface area contributed by atoms with Crippen molar-refractivity contribution >= 4 is 35.7 Å². The Bertz CT molecular complexity index is 1470. The highest BCUT2D eigenvalue weighted by molar-refractivity contribution is 6.31. The number of allylic oxidation sites excluding steroid dienone is 4. The van der Waals surface area contributed by atoms with Crippen LogP contribution in [0, 0.1) is 5.82 Å². The highest BCUT2D eigenvalue weighted by Gasteiger charge is 2.23. The van der Waals surface area contributed by atoms with Crippen LogP contribution in [0.2, 0.25) is 0 Å². The van der Waals surface area contributed by atoms with Crippen LogP contribution in [0.15, 0.2) is 99.5 Å². The monoisotopic (exact) mass is 619 g/mol. The normalized spacial score (nSPS) is 14.6. The maximum atomic E-state index is 13.2. The molecule has 0 bridgehead atoms. The van der Waals surface area contributed by atoms with E-state index in [0.29, 0.717) is 24.2 Å². The van der Waals surface area contributed by atoms with E-state index in [0.717, 1.165) is 71.8 Å². The lowest BCUT2D eigenvalue weighted by atomic mass is 10.1. The number of amidine groups is 1. The summed E-state index contributed by atoms with van der Waals surface area (Å²) in [6.45, 7) is 10.1. The first-order valence-corrected chi connectivity index (χ1v) is 15.4. The van der Waals surface area contributed by atoms with Crippen LogP contribution in [0.5, 0.6) is 0 Å². The second-order valence-corrected chi connectivity index (χ2v) is 10.7. The van der Waals surface area contributed by atoms with Crippen LogP contribution < -0.4 is 10.6 Å². The summed E-state index contributed by atoms with van der Waals surface area (Å²) < 4.78 is 20.8. The van der Waals surface area contributed by atoms with Crippen LogP contribution in [0.4, 0.5) is 10.1 Å². The third-order valence-electron chi connectivity index (χ3n) is 6.80. The van der Waals surface area contributed by atoms with Crippen molar-refractivity contribution in [2.24, 2.45) is 9.98 Å². The number of nitrogens with zero attached hydrogens (tertiary/aromatic N) is 3. The van der Waals surface area contributed by atoms with Gasteiger partial charge in [0.2, 0.25) is 5.91 Å². The van der Waals surface area contributed by atoms with Gasteiger partial charge in [0.1, 0.15) is 24.7 Å². The van der Waals surface area contributed by atoms with Crippen LogP contribution in [0.25, 0.3) is 11.1 Å². The number of halogens is 2. The first kappa shape index (κ1) is 34.3. The van der Waals surface area contributed by atoms with E-state index in [1.807, 2.05) is 80.2 Å². The smallest absolute Gasteiger partial charge is 0.240 e. The Balaban J connectivity index is 0.000000228. The third kappa shape index (κ3) is 11.5. The van der Waals surface area contributed by atoms with Gasteiger partial charge < -0.3 is 19.9 Å². The average molecular weight is 620 g/mol. The maximum Gasteiger partial charge on any atom is 0.240 e. The summed E-state index contributed by atoms with van der Waals surface area (Å²) in [5.74, 6) is 1.41. The molecule has 1 aromatic heterocycles. The van der Waals surface area contributed by atoms with Gasteiger partial charge in [-0.15, -0.1) is 0 Å². The Kier molecular flexibility index (Phi) is 13.9. The summed E-state index contributed by atoms with van der Waals surface area (Å²) in [4.78, 5) is 19.7. The van der Waals surface area contributed by atoms with E-state index in [-0.39, 0.29) is 11.7 Å². The molecule has 3 aromatic rings. The van der Waals surface area contributed by atoms with E-state index in [4.69, 9.17) is 16.3 Å². The average Bonchev–Trinajstić information content (AvgIpc) is 3.76. The van der Waals surface area contributed by atoms with Crippen molar-refractivity contribution in [2.45, 2.75) is 72.1 Å². The fraction of sp³-hybridized carbons (Fsp3) is 0.343. The van der Waals surface area contributed by atoms with Crippen molar-refractivity contribution in [3.63, 3.8) is 0 Å². The minimum atomic E-state index is -0.261. The Morgan fingerprint density at radius 1 is 1.11 bits per heavy atom. The fourth-order valence-electron chi connectivity index (χ4n) is 4.33. The lowest BCUT2D eigenvalue weighted by Gasteiger charge is -2.10. The highest BCUT2D eigenvalue weighted by atomic mass is 35.5. The fourth-order valence-corrected chi connectivity index (χ4v) is 4.61. The van der Waals surface area contributed by atoms with E-state index >= 15 is 0 Å². The zero-order valence-electron chi connectivity index (χ0n) is 26.1. The Morgan fingerprint density at radius 2 is 1.86 bits per heavy atom. The number of rotatable bonds is 9. The number of hydrogen-bond donors (Lipinski definition) is 2. The molecular weight excluding hydrogens is 577 g/mol. The van der Waals surface area contributed by atoms with Crippen molar-refractivity contribution in [2.75, 3.05) is 7.05 Å². The second kappa shape index (κ2) is 17.8. The molecule has 0 unspecified atom stereocenters. The van der Waals surface area contributed by atoms with E-state index in [2.05, 4.69) is 27.3 Å². The summed E-state index contributed by atoms with van der Waals surface area (Å²) in [7, 11) is 1.74. The predicted octanol–water partition coefficient (Wildman–Crippen LogP) is 8.29. The maximum absolute atomic E-state index is 13.2. The summed E-state index contributed by atoms with van der Waals surface area (Å²) in [6, 6.07) is 16.7. The van der Waals surface area contributed by atoms with Crippen molar-refractivity contribution in [3.8, 4) is 11.1 Å². The number of benzene rings is 2. The van der Waals surface area contributed by atoms with Gasteiger partial charge in [-0.3, -0.25) is 14.8 Å². The third-order valence-corrected chi connectivity index (χ3v) is 7.12. The zero-order valence-corrected chi connectivity index (χ0v) is 26.8. The lowest BCUT2D eigenvalue weighted by molar-refractivity contribution is -0.121. The number of amides is 1. The Morgan fingerprint density at radius 3 is 2.52 bits per heavy atom. The van der Waals surface area contributed by atoms with E-state index < -0.39 is 0 Å². The van der Waals surface area contributed by atoms with Crippen molar-refractivity contribution in [3.05, 3.63) is 101 Å². The number of aromatic nitrogens is 1. The number of hydrogen-bond acceptors (Lipinski definition) is 4. The molecule has 0 spiro atoms. The molecule has 1 heterocycles. The molecule has 9 heteroatoms. The SMILES string of the molecule is C=Nc1ccc(-c2ccn(CC(=O)NC3CC3)c2)cc1.CC.CN=C(C)NC1=CC(Cl)=C(OCc2cccc(F)c2)CCC1. The van der Waals surface area contributed by atoms with Crippen LogP contribution in [0.1, 0.15) is 58.4 Å². The van der Waals surface area contributed by atoms with Gasteiger partial charge in [0.15, 0.2) is 0 Å². The molecule has 2 aliphatic rings. The van der Waals surface area contributed by atoms with E-state index in [9.17, 15) is 9.18 Å². The van der Waals surface area contributed by atoms with Gasteiger partial charge in [0.25, 0.3) is 0 Å². The molecule has 44 heavy (non-hydrogen) atoms. The molecule has 0 saturated heterocycles. The number of carbonyl (C=O) groups excluding carboxylic acids is 1.